The van der Waals surface area contributed by atoms with Crippen LogP contribution in [0.3, 0.4) is 0 Å². The summed E-state index contributed by atoms with van der Waals surface area (Å²) in [4.78, 5) is 29.9. The lowest BCUT2D eigenvalue weighted by Gasteiger charge is -2.41. The van der Waals surface area contributed by atoms with Gasteiger partial charge in [0.2, 0.25) is 5.91 Å². The van der Waals surface area contributed by atoms with Crippen molar-refractivity contribution >= 4 is 11.8 Å². The normalized spacial score (nSPS) is 18.3. The standard InChI is InChI=1S/C24H28FN3O3/c1-17-3-8-21-20(13-17)23(30)28(16-24(31-21)9-11-27(2)12-10-24)15-22(29)26-14-18-4-6-19(25)7-5-18/h3-8,13H,9-12,14-16H2,1-2H3,(H,26,29). The Labute approximate surface area is 182 Å². The van der Waals surface area contributed by atoms with Crippen LogP contribution < -0.4 is 10.1 Å². The number of aryl methyl sites for hydroxylation is 1. The largest absolute Gasteiger partial charge is 0.484 e. The fraction of sp³-hybridized carbons (Fsp3) is 0.417. The van der Waals surface area contributed by atoms with E-state index in [9.17, 15) is 14.0 Å². The van der Waals surface area contributed by atoms with Gasteiger partial charge < -0.3 is 19.9 Å². The van der Waals surface area contributed by atoms with Crippen molar-refractivity contribution in [2.45, 2.75) is 31.9 Å². The quantitative estimate of drug-likeness (QED) is 0.818. The molecule has 0 bridgehead atoms. The molecule has 1 N–H and O–H groups in total. The number of rotatable bonds is 4. The van der Waals surface area contributed by atoms with E-state index in [-0.39, 0.29) is 30.7 Å². The maximum absolute atomic E-state index is 13.3. The van der Waals surface area contributed by atoms with Gasteiger partial charge in [-0.25, -0.2) is 4.39 Å². The lowest BCUT2D eigenvalue weighted by molar-refractivity contribution is -0.122. The van der Waals surface area contributed by atoms with E-state index in [1.807, 2.05) is 25.1 Å². The first-order chi connectivity index (χ1) is 14.8. The van der Waals surface area contributed by atoms with Crippen LogP contribution in [-0.2, 0) is 11.3 Å². The van der Waals surface area contributed by atoms with Crippen molar-refractivity contribution in [2.24, 2.45) is 0 Å². The van der Waals surface area contributed by atoms with Gasteiger partial charge in [0.25, 0.3) is 5.91 Å². The van der Waals surface area contributed by atoms with Gasteiger partial charge in [-0.3, -0.25) is 9.59 Å². The topological polar surface area (TPSA) is 61.9 Å². The van der Waals surface area contributed by atoms with Crippen molar-refractivity contribution in [3.8, 4) is 5.75 Å². The maximum atomic E-state index is 13.3. The Bertz CT molecular complexity index is 969. The monoisotopic (exact) mass is 425 g/mol. The molecule has 2 aromatic carbocycles. The third-order valence-corrected chi connectivity index (χ3v) is 6.09. The number of nitrogens with one attached hydrogen (secondary N) is 1. The average molecular weight is 426 g/mol. The van der Waals surface area contributed by atoms with E-state index in [2.05, 4.69) is 17.3 Å². The van der Waals surface area contributed by atoms with Crippen LogP contribution in [0, 0.1) is 12.7 Å². The minimum atomic E-state index is -0.500. The second-order valence-electron chi connectivity index (χ2n) is 8.65. The highest BCUT2D eigenvalue weighted by molar-refractivity contribution is 5.99. The zero-order chi connectivity index (χ0) is 22.0. The molecule has 1 spiro atoms. The zero-order valence-corrected chi connectivity index (χ0v) is 18.0. The SMILES string of the molecule is Cc1ccc2c(c1)C(=O)N(CC(=O)NCc1ccc(F)cc1)CC1(CCN(C)CC1)O2. The summed E-state index contributed by atoms with van der Waals surface area (Å²) in [6.45, 7) is 4.29. The van der Waals surface area contributed by atoms with Crippen molar-refractivity contribution in [1.29, 1.82) is 0 Å². The number of carbonyl (C=O) groups is 2. The first-order valence-electron chi connectivity index (χ1n) is 10.6. The number of likely N-dealkylation sites (tertiary alicyclic amines) is 1. The molecule has 2 aromatic rings. The van der Waals surface area contributed by atoms with E-state index in [0.717, 1.165) is 37.1 Å². The van der Waals surface area contributed by atoms with Gasteiger partial charge in [0.1, 0.15) is 23.7 Å². The Hall–Kier alpha value is -2.93. The minimum absolute atomic E-state index is 0.0473. The number of hydrogen-bond donors (Lipinski definition) is 1. The van der Waals surface area contributed by atoms with Gasteiger partial charge in [0, 0.05) is 32.5 Å². The summed E-state index contributed by atoms with van der Waals surface area (Å²) in [6.07, 6.45) is 1.58. The lowest BCUT2D eigenvalue weighted by atomic mass is 9.90. The van der Waals surface area contributed by atoms with Gasteiger partial charge in [-0.2, -0.15) is 0 Å². The van der Waals surface area contributed by atoms with E-state index in [0.29, 0.717) is 17.9 Å². The Morgan fingerprint density at radius 2 is 1.87 bits per heavy atom. The molecule has 6 nitrogen and oxygen atoms in total. The molecule has 4 rings (SSSR count). The van der Waals surface area contributed by atoms with Gasteiger partial charge in [0.05, 0.1) is 12.1 Å². The summed E-state index contributed by atoms with van der Waals surface area (Å²) in [5.74, 6) is -0.166. The second-order valence-corrected chi connectivity index (χ2v) is 8.65. The first-order valence-corrected chi connectivity index (χ1v) is 10.6. The maximum Gasteiger partial charge on any atom is 0.258 e. The molecule has 0 aromatic heterocycles. The van der Waals surface area contributed by atoms with E-state index >= 15 is 0 Å². The van der Waals surface area contributed by atoms with E-state index < -0.39 is 5.60 Å². The van der Waals surface area contributed by atoms with Gasteiger partial charge >= 0.3 is 0 Å². The Morgan fingerprint density at radius 1 is 1.16 bits per heavy atom. The highest BCUT2D eigenvalue weighted by Gasteiger charge is 2.42. The van der Waals surface area contributed by atoms with Gasteiger partial charge in [-0.05, 0) is 43.8 Å². The van der Waals surface area contributed by atoms with Crippen LogP contribution in [0.15, 0.2) is 42.5 Å². The molecule has 0 radical (unpaired) electrons. The van der Waals surface area contributed by atoms with Crippen LogP contribution in [0.2, 0.25) is 0 Å². The van der Waals surface area contributed by atoms with Crippen molar-refractivity contribution in [1.82, 2.24) is 15.1 Å². The van der Waals surface area contributed by atoms with Gasteiger partial charge in [-0.15, -0.1) is 0 Å². The smallest absolute Gasteiger partial charge is 0.258 e. The average Bonchev–Trinajstić information content (AvgIpc) is 2.85. The molecule has 0 saturated carbocycles. The molecule has 7 heteroatoms. The molecule has 0 unspecified atom stereocenters. The fourth-order valence-electron chi connectivity index (χ4n) is 4.20. The van der Waals surface area contributed by atoms with E-state index in [4.69, 9.17) is 4.74 Å². The van der Waals surface area contributed by atoms with Crippen LogP contribution in [0.1, 0.15) is 34.3 Å². The van der Waals surface area contributed by atoms with Crippen LogP contribution in [0.25, 0.3) is 0 Å². The molecule has 2 aliphatic heterocycles. The second kappa shape index (κ2) is 8.67. The van der Waals surface area contributed by atoms with Crippen molar-refractivity contribution < 1.29 is 18.7 Å². The number of ether oxygens (including phenoxy) is 1. The summed E-state index contributed by atoms with van der Waals surface area (Å²) >= 11 is 0. The Balaban J connectivity index is 1.52. The molecule has 1 saturated heterocycles. The highest BCUT2D eigenvalue weighted by Crippen LogP contribution is 2.35. The summed E-state index contributed by atoms with van der Waals surface area (Å²) < 4.78 is 19.5. The van der Waals surface area contributed by atoms with E-state index in [1.54, 1.807) is 17.0 Å². The number of halogens is 1. The third kappa shape index (κ3) is 4.88. The molecular weight excluding hydrogens is 397 g/mol. The van der Waals surface area contributed by atoms with Crippen molar-refractivity contribution in [3.63, 3.8) is 0 Å². The number of amides is 2. The van der Waals surface area contributed by atoms with Crippen LogP contribution in [-0.4, -0.2) is 60.4 Å². The number of fused-ring (bicyclic) bond motifs is 1. The van der Waals surface area contributed by atoms with Crippen LogP contribution in [0.4, 0.5) is 4.39 Å². The number of piperidine rings is 1. The number of nitrogens with zero attached hydrogens (tertiary/aromatic N) is 2. The summed E-state index contributed by atoms with van der Waals surface area (Å²) in [7, 11) is 2.08. The third-order valence-electron chi connectivity index (χ3n) is 6.09. The summed E-state index contributed by atoms with van der Waals surface area (Å²) in [5.41, 5.74) is 1.77. The minimum Gasteiger partial charge on any atom is -0.484 e. The molecule has 0 aliphatic carbocycles. The molecule has 0 atom stereocenters. The number of benzene rings is 2. The molecular formula is C24H28FN3O3. The Morgan fingerprint density at radius 3 is 2.58 bits per heavy atom. The van der Waals surface area contributed by atoms with Crippen molar-refractivity contribution in [2.75, 3.05) is 33.2 Å². The predicted octanol–water partition coefficient (Wildman–Crippen LogP) is 2.75. The van der Waals surface area contributed by atoms with E-state index in [1.165, 1.54) is 12.1 Å². The highest BCUT2D eigenvalue weighted by atomic mass is 19.1. The molecule has 1 fully saturated rings. The zero-order valence-electron chi connectivity index (χ0n) is 18.0. The van der Waals surface area contributed by atoms with Crippen molar-refractivity contribution in [3.05, 3.63) is 65.0 Å². The van der Waals surface area contributed by atoms with Crippen LogP contribution in [0.5, 0.6) is 5.75 Å². The molecule has 2 heterocycles. The summed E-state index contributed by atoms with van der Waals surface area (Å²) in [5, 5.41) is 2.84. The van der Waals surface area contributed by atoms with Crippen LogP contribution >= 0.6 is 0 Å². The lowest BCUT2D eigenvalue weighted by Crippen LogP contribution is -2.54. The number of carbonyl (C=O) groups excluding carboxylic acids is 2. The molecule has 31 heavy (non-hydrogen) atoms. The van der Waals surface area contributed by atoms with Gasteiger partial charge in [0.15, 0.2) is 0 Å². The molecule has 2 aliphatic rings. The number of hydrogen-bond acceptors (Lipinski definition) is 4. The molecule has 2 amide bonds. The molecule has 164 valence electrons. The summed E-state index contributed by atoms with van der Waals surface area (Å²) in [6, 6.07) is 11.6. The Kier molecular flexibility index (Phi) is 5.96. The first kappa shape index (κ1) is 21.3. The fourth-order valence-corrected chi connectivity index (χ4v) is 4.20. The predicted molar refractivity (Wildman–Crippen MR) is 115 cm³/mol. The van der Waals surface area contributed by atoms with Gasteiger partial charge in [-0.1, -0.05) is 23.8 Å².